The van der Waals surface area contributed by atoms with Crippen LogP contribution in [0, 0.1) is 5.92 Å². The quantitative estimate of drug-likeness (QED) is 0.768. The van der Waals surface area contributed by atoms with Crippen LogP contribution in [0.15, 0.2) is 0 Å². The number of nitrogens with two attached hydrogens (primary N) is 1. The Balaban J connectivity index is 1.61. The lowest BCUT2D eigenvalue weighted by Gasteiger charge is -2.44. The average Bonchev–Trinajstić information content (AvgIpc) is 2.76. The van der Waals surface area contributed by atoms with E-state index in [4.69, 9.17) is 15.2 Å². The van der Waals surface area contributed by atoms with Gasteiger partial charge in [0.05, 0.1) is 25.9 Å². The molecule has 98 valence electrons. The number of fused-ring (bicyclic) bond motifs is 1. The van der Waals surface area contributed by atoms with E-state index in [9.17, 15) is 0 Å². The van der Waals surface area contributed by atoms with Gasteiger partial charge in [0.1, 0.15) is 0 Å². The van der Waals surface area contributed by atoms with Crippen LogP contribution in [-0.2, 0) is 9.47 Å². The second-order valence-corrected chi connectivity index (χ2v) is 5.72. The van der Waals surface area contributed by atoms with Crippen LogP contribution in [0.4, 0.5) is 0 Å². The van der Waals surface area contributed by atoms with Crippen molar-refractivity contribution in [1.29, 1.82) is 0 Å². The molecule has 0 bridgehead atoms. The lowest BCUT2D eigenvalue weighted by molar-refractivity contribution is -0.0923. The molecule has 2 saturated heterocycles. The molecule has 3 aliphatic rings. The van der Waals surface area contributed by atoms with Crippen LogP contribution in [0.2, 0.25) is 0 Å². The Morgan fingerprint density at radius 2 is 2.06 bits per heavy atom. The highest BCUT2D eigenvalue weighted by Gasteiger charge is 2.36. The largest absolute Gasteiger partial charge is 0.379 e. The molecular weight excluding hydrogens is 216 g/mol. The van der Waals surface area contributed by atoms with E-state index in [0.29, 0.717) is 18.1 Å². The third kappa shape index (κ3) is 2.50. The van der Waals surface area contributed by atoms with Crippen molar-refractivity contribution in [2.45, 2.75) is 43.9 Å². The van der Waals surface area contributed by atoms with Gasteiger partial charge in [0.25, 0.3) is 0 Å². The van der Waals surface area contributed by atoms with Crippen LogP contribution in [-0.4, -0.2) is 56.0 Å². The second-order valence-electron chi connectivity index (χ2n) is 5.72. The number of nitrogens with zero attached hydrogens (tertiary/aromatic N) is 1. The highest BCUT2D eigenvalue weighted by molar-refractivity contribution is 4.90. The van der Waals surface area contributed by atoms with E-state index in [1.165, 1.54) is 25.7 Å². The van der Waals surface area contributed by atoms with Crippen LogP contribution in [0.25, 0.3) is 0 Å². The Morgan fingerprint density at radius 1 is 1.18 bits per heavy atom. The van der Waals surface area contributed by atoms with Crippen molar-refractivity contribution in [3.8, 4) is 0 Å². The molecule has 1 aliphatic carbocycles. The maximum absolute atomic E-state index is 6.08. The fourth-order valence-electron chi connectivity index (χ4n) is 3.51. The first-order chi connectivity index (χ1) is 8.34. The van der Waals surface area contributed by atoms with E-state index in [0.717, 1.165) is 32.9 Å². The molecule has 4 nitrogen and oxygen atoms in total. The molecule has 3 rings (SSSR count). The smallest absolute Gasteiger partial charge is 0.0730 e. The van der Waals surface area contributed by atoms with E-state index in [2.05, 4.69) is 4.90 Å². The molecule has 4 unspecified atom stereocenters. The van der Waals surface area contributed by atoms with Crippen molar-refractivity contribution in [2.75, 3.05) is 32.9 Å². The first kappa shape index (κ1) is 11.9. The SMILES string of the molecule is NC1COCC1CN1CCOC2CCCCC21. The Morgan fingerprint density at radius 3 is 2.88 bits per heavy atom. The van der Waals surface area contributed by atoms with E-state index in [1.807, 2.05) is 0 Å². The predicted molar refractivity (Wildman–Crippen MR) is 65.9 cm³/mol. The molecule has 17 heavy (non-hydrogen) atoms. The molecule has 0 amide bonds. The lowest BCUT2D eigenvalue weighted by Crippen LogP contribution is -2.55. The Bertz CT molecular complexity index is 260. The summed E-state index contributed by atoms with van der Waals surface area (Å²) >= 11 is 0. The van der Waals surface area contributed by atoms with Crippen LogP contribution in [0.5, 0.6) is 0 Å². The number of hydrogen-bond donors (Lipinski definition) is 1. The van der Waals surface area contributed by atoms with Crippen molar-refractivity contribution < 1.29 is 9.47 Å². The van der Waals surface area contributed by atoms with Gasteiger partial charge < -0.3 is 15.2 Å². The van der Waals surface area contributed by atoms with Gasteiger partial charge in [0.15, 0.2) is 0 Å². The molecule has 1 saturated carbocycles. The van der Waals surface area contributed by atoms with Gasteiger partial charge >= 0.3 is 0 Å². The summed E-state index contributed by atoms with van der Waals surface area (Å²) in [6.07, 6.45) is 5.72. The molecule has 0 aromatic heterocycles. The zero-order chi connectivity index (χ0) is 11.7. The monoisotopic (exact) mass is 240 g/mol. The summed E-state index contributed by atoms with van der Waals surface area (Å²) in [5.41, 5.74) is 6.08. The third-order valence-corrected chi connectivity index (χ3v) is 4.56. The maximum atomic E-state index is 6.08. The van der Waals surface area contributed by atoms with Gasteiger partial charge in [-0.25, -0.2) is 0 Å². The standard InChI is InChI=1S/C13H24N2O2/c14-11-9-16-8-10(11)7-15-5-6-17-13-4-2-1-3-12(13)15/h10-13H,1-9,14H2. The molecule has 4 heteroatoms. The molecule has 2 heterocycles. The number of hydrogen-bond acceptors (Lipinski definition) is 4. The Hall–Kier alpha value is -0.160. The summed E-state index contributed by atoms with van der Waals surface area (Å²) in [6, 6.07) is 0.880. The normalized spacial score (nSPS) is 43.6. The van der Waals surface area contributed by atoms with Crippen molar-refractivity contribution in [2.24, 2.45) is 11.7 Å². The van der Waals surface area contributed by atoms with Crippen LogP contribution < -0.4 is 5.73 Å². The number of rotatable bonds is 2. The summed E-state index contributed by atoms with van der Waals surface area (Å²) < 4.78 is 11.4. The lowest BCUT2D eigenvalue weighted by atomic mass is 9.89. The molecule has 0 spiro atoms. The van der Waals surface area contributed by atoms with Gasteiger partial charge in [0.2, 0.25) is 0 Å². The van der Waals surface area contributed by atoms with Crippen molar-refractivity contribution in [3.63, 3.8) is 0 Å². The predicted octanol–water partition coefficient (Wildman–Crippen LogP) is 0.603. The van der Waals surface area contributed by atoms with Gasteiger partial charge in [-0.05, 0) is 12.8 Å². The molecule has 3 fully saturated rings. The fourth-order valence-corrected chi connectivity index (χ4v) is 3.51. The molecule has 0 radical (unpaired) electrons. The van der Waals surface area contributed by atoms with Gasteiger partial charge in [-0.3, -0.25) is 4.90 Å². The third-order valence-electron chi connectivity index (χ3n) is 4.56. The summed E-state index contributed by atoms with van der Waals surface area (Å²) in [4.78, 5) is 2.62. The first-order valence-electron chi connectivity index (χ1n) is 7.03. The molecule has 2 aliphatic heterocycles. The van der Waals surface area contributed by atoms with Gasteiger partial charge in [0, 0.05) is 31.1 Å². The van der Waals surface area contributed by atoms with E-state index in [1.54, 1.807) is 0 Å². The molecule has 0 aromatic carbocycles. The zero-order valence-corrected chi connectivity index (χ0v) is 10.5. The maximum Gasteiger partial charge on any atom is 0.0730 e. The number of morpholine rings is 1. The van der Waals surface area contributed by atoms with Crippen molar-refractivity contribution in [3.05, 3.63) is 0 Å². The minimum Gasteiger partial charge on any atom is -0.379 e. The van der Waals surface area contributed by atoms with E-state index in [-0.39, 0.29) is 6.04 Å². The summed E-state index contributed by atoms with van der Waals surface area (Å²) in [7, 11) is 0. The van der Waals surface area contributed by atoms with E-state index >= 15 is 0 Å². The minimum absolute atomic E-state index is 0.236. The highest BCUT2D eigenvalue weighted by Crippen LogP contribution is 2.29. The average molecular weight is 240 g/mol. The molecule has 2 N–H and O–H groups in total. The van der Waals surface area contributed by atoms with Gasteiger partial charge in [-0.15, -0.1) is 0 Å². The molecule has 0 aromatic rings. The minimum atomic E-state index is 0.236. The van der Waals surface area contributed by atoms with Crippen LogP contribution >= 0.6 is 0 Å². The molecule has 4 atom stereocenters. The van der Waals surface area contributed by atoms with Crippen LogP contribution in [0.3, 0.4) is 0 Å². The Labute approximate surface area is 103 Å². The van der Waals surface area contributed by atoms with E-state index < -0.39 is 0 Å². The van der Waals surface area contributed by atoms with Crippen LogP contribution in [0.1, 0.15) is 25.7 Å². The Kier molecular flexibility index (Phi) is 3.66. The topological polar surface area (TPSA) is 47.7 Å². The summed E-state index contributed by atoms with van der Waals surface area (Å²) in [5, 5.41) is 0. The molecular formula is C13H24N2O2. The van der Waals surface area contributed by atoms with Gasteiger partial charge in [-0.2, -0.15) is 0 Å². The van der Waals surface area contributed by atoms with Crippen molar-refractivity contribution in [1.82, 2.24) is 4.90 Å². The fraction of sp³-hybridized carbons (Fsp3) is 1.00. The summed E-state index contributed by atoms with van der Waals surface area (Å²) in [6.45, 7) is 4.65. The van der Waals surface area contributed by atoms with Crippen molar-refractivity contribution >= 4 is 0 Å². The second kappa shape index (κ2) is 5.22. The number of ether oxygens (including phenoxy) is 2. The first-order valence-corrected chi connectivity index (χ1v) is 7.03. The van der Waals surface area contributed by atoms with Gasteiger partial charge in [-0.1, -0.05) is 12.8 Å². The zero-order valence-electron chi connectivity index (χ0n) is 10.5. The highest BCUT2D eigenvalue weighted by atomic mass is 16.5. The summed E-state index contributed by atoms with van der Waals surface area (Å²) in [5.74, 6) is 0.524.